The van der Waals surface area contributed by atoms with Gasteiger partial charge < -0.3 is 4.74 Å². The Morgan fingerprint density at radius 1 is 1.06 bits per heavy atom. The summed E-state index contributed by atoms with van der Waals surface area (Å²) in [5, 5.41) is 0. The monoisotopic (exact) mass is 456 g/mol. The lowest BCUT2D eigenvalue weighted by molar-refractivity contribution is -0.148. The van der Waals surface area contributed by atoms with Gasteiger partial charge in [-0.1, -0.05) is 66.0 Å². The summed E-state index contributed by atoms with van der Waals surface area (Å²) in [7, 11) is 0. The maximum absolute atomic E-state index is 11.5. The summed E-state index contributed by atoms with van der Waals surface area (Å²) >= 11 is 0. The Morgan fingerprint density at radius 2 is 1.82 bits per heavy atom. The predicted octanol–water partition coefficient (Wildman–Crippen LogP) is 8.60. The van der Waals surface area contributed by atoms with Crippen LogP contribution in [0.4, 0.5) is 0 Å². The summed E-state index contributed by atoms with van der Waals surface area (Å²) < 4.78 is 5.63. The highest BCUT2D eigenvalue weighted by Crippen LogP contribution is 2.67. The molecule has 2 nitrogen and oxygen atoms in total. The second-order valence-corrected chi connectivity index (χ2v) is 13.4. The quantitative estimate of drug-likeness (QED) is 0.283. The highest BCUT2D eigenvalue weighted by atomic mass is 16.5. The van der Waals surface area contributed by atoms with Crippen molar-refractivity contribution in [1.82, 2.24) is 0 Å². The van der Waals surface area contributed by atoms with Crippen LogP contribution in [0, 0.1) is 52.3 Å². The van der Waals surface area contributed by atoms with E-state index in [0.29, 0.717) is 10.8 Å². The van der Waals surface area contributed by atoms with E-state index in [0.717, 1.165) is 54.3 Å². The van der Waals surface area contributed by atoms with Gasteiger partial charge in [0.2, 0.25) is 0 Å². The lowest BCUT2D eigenvalue weighted by Crippen LogP contribution is -2.51. The topological polar surface area (TPSA) is 26.3 Å². The van der Waals surface area contributed by atoms with Crippen LogP contribution in [0.15, 0.2) is 11.6 Å². The van der Waals surface area contributed by atoms with Crippen molar-refractivity contribution in [2.24, 2.45) is 52.3 Å². The first-order chi connectivity index (χ1) is 15.6. The van der Waals surface area contributed by atoms with E-state index in [1.54, 1.807) is 12.5 Å². The molecule has 4 aliphatic rings. The zero-order chi connectivity index (χ0) is 24.0. The molecule has 33 heavy (non-hydrogen) atoms. The SMILES string of the molecule is CC[C@H](CC[C@@H](C)[C@H]1CC[C@H]2[C@@H]3CC=C4C[C@@H](OC(C)=O)CC[C@]4(C)[C@@H]3CC[C@]12C)C(C)C. The minimum atomic E-state index is -0.115. The van der Waals surface area contributed by atoms with Crippen LogP contribution in [0.1, 0.15) is 119 Å². The summed E-state index contributed by atoms with van der Waals surface area (Å²) in [6, 6.07) is 0. The lowest BCUT2D eigenvalue weighted by Gasteiger charge is -2.58. The maximum Gasteiger partial charge on any atom is 0.302 e. The van der Waals surface area contributed by atoms with E-state index >= 15 is 0 Å². The van der Waals surface area contributed by atoms with Gasteiger partial charge >= 0.3 is 5.97 Å². The molecule has 0 radical (unpaired) electrons. The van der Waals surface area contributed by atoms with Gasteiger partial charge in [-0.15, -0.1) is 0 Å². The van der Waals surface area contributed by atoms with Crippen molar-refractivity contribution in [3.63, 3.8) is 0 Å². The molecule has 0 amide bonds. The van der Waals surface area contributed by atoms with Crippen LogP contribution < -0.4 is 0 Å². The number of allylic oxidation sites excluding steroid dienone is 1. The lowest BCUT2D eigenvalue weighted by atomic mass is 9.47. The molecule has 3 fully saturated rings. The fraction of sp³-hybridized carbons (Fsp3) is 0.903. The Bertz CT molecular complexity index is 737. The van der Waals surface area contributed by atoms with Crippen LogP contribution in [-0.2, 0) is 9.53 Å². The molecular formula is C31H52O2. The molecule has 0 aliphatic heterocycles. The average Bonchev–Trinajstić information content (AvgIpc) is 3.11. The van der Waals surface area contributed by atoms with E-state index in [9.17, 15) is 4.79 Å². The first-order valence-corrected chi connectivity index (χ1v) is 14.5. The predicted molar refractivity (Wildman–Crippen MR) is 138 cm³/mol. The highest BCUT2D eigenvalue weighted by molar-refractivity contribution is 5.66. The number of hydrogen-bond donors (Lipinski definition) is 0. The van der Waals surface area contributed by atoms with E-state index in [4.69, 9.17) is 4.74 Å². The molecule has 3 saturated carbocycles. The van der Waals surface area contributed by atoms with Crippen LogP contribution in [-0.4, -0.2) is 12.1 Å². The van der Waals surface area contributed by atoms with Crippen molar-refractivity contribution >= 4 is 5.97 Å². The van der Waals surface area contributed by atoms with E-state index in [1.807, 2.05) is 0 Å². The minimum absolute atomic E-state index is 0.113. The zero-order valence-corrected chi connectivity index (χ0v) is 22.8. The summed E-state index contributed by atoms with van der Waals surface area (Å²) in [6.07, 6.45) is 17.2. The number of ether oxygens (including phenoxy) is 1. The summed E-state index contributed by atoms with van der Waals surface area (Å²) in [5.74, 6) is 6.03. The second kappa shape index (κ2) is 9.69. The number of carbonyl (C=O) groups is 1. The van der Waals surface area contributed by atoms with Crippen molar-refractivity contribution < 1.29 is 9.53 Å². The molecule has 0 spiro atoms. The third-order valence-corrected chi connectivity index (χ3v) is 11.6. The van der Waals surface area contributed by atoms with Crippen LogP contribution in [0.2, 0.25) is 0 Å². The summed E-state index contributed by atoms with van der Waals surface area (Å²) in [4.78, 5) is 11.5. The van der Waals surface area contributed by atoms with Gasteiger partial charge in [0.1, 0.15) is 6.10 Å². The van der Waals surface area contributed by atoms with Crippen LogP contribution in [0.5, 0.6) is 0 Å². The Hall–Kier alpha value is -0.790. The van der Waals surface area contributed by atoms with Crippen LogP contribution in [0.25, 0.3) is 0 Å². The normalized spacial score (nSPS) is 42.1. The van der Waals surface area contributed by atoms with E-state index in [-0.39, 0.29) is 12.1 Å². The Balaban J connectivity index is 1.46. The molecule has 2 heteroatoms. The van der Waals surface area contributed by atoms with Gasteiger partial charge in [0.25, 0.3) is 0 Å². The molecule has 0 saturated heterocycles. The van der Waals surface area contributed by atoms with Crippen molar-refractivity contribution in [1.29, 1.82) is 0 Å². The summed E-state index contributed by atoms with van der Waals surface area (Å²) in [6.45, 7) is 16.6. The zero-order valence-electron chi connectivity index (χ0n) is 22.8. The third kappa shape index (κ3) is 4.58. The molecule has 188 valence electrons. The Kier molecular flexibility index (Phi) is 7.43. The average molecular weight is 457 g/mol. The Morgan fingerprint density at radius 3 is 2.48 bits per heavy atom. The van der Waals surface area contributed by atoms with Crippen LogP contribution >= 0.6 is 0 Å². The number of esters is 1. The molecule has 0 heterocycles. The van der Waals surface area contributed by atoms with Crippen molar-refractivity contribution in [3.8, 4) is 0 Å². The number of fused-ring (bicyclic) bond motifs is 5. The molecule has 0 N–H and O–H groups in total. The molecule has 4 aliphatic carbocycles. The molecule has 9 atom stereocenters. The first-order valence-electron chi connectivity index (χ1n) is 14.5. The van der Waals surface area contributed by atoms with Gasteiger partial charge in [0, 0.05) is 13.3 Å². The van der Waals surface area contributed by atoms with Gasteiger partial charge in [0.15, 0.2) is 0 Å². The molecular weight excluding hydrogens is 404 g/mol. The van der Waals surface area contributed by atoms with E-state index in [2.05, 4.69) is 47.6 Å². The van der Waals surface area contributed by atoms with Crippen molar-refractivity contribution in [2.45, 2.75) is 125 Å². The maximum atomic E-state index is 11.5. The van der Waals surface area contributed by atoms with Crippen molar-refractivity contribution in [2.75, 3.05) is 0 Å². The molecule has 0 unspecified atom stereocenters. The molecule has 0 bridgehead atoms. The van der Waals surface area contributed by atoms with E-state index in [1.165, 1.54) is 57.8 Å². The standard InChI is InChI=1S/C31H52O2/c1-8-23(20(2)3)10-9-21(4)27-13-14-28-26-12-11-24-19-25(33-22(5)32)15-17-30(24,6)29(26)16-18-31(27,28)7/h11,20-21,23,25-29H,8-10,12-19H2,1-7H3/t21-,23-,25+,26+,27-,28+,29-,30+,31-/m1/s1. The first kappa shape index (κ1) is 25.3. The summed E-state index contributed by atoms with van der Waals surface area (Å²) in [5.41, 5.74) is 2.51. The number of carbonyl (C=O) groups excluding carboxylic acids is 1. The molecule has 0 aromatic carbocycles. The van der Waals surface area contributed by atoms with Crippen LogP contribution in [0.3, 0.4) is 0 Å². The largest absolute Gasteiger partial charge is 0.462 e. The van der Waals surface area contributed by atoms with Gasteiger partial charge in [-0.2, -0.15) is 0 Å². The van der Waals surface area contributed by atoms with E-state index < -0.39 is 0 Å². The Labute approximate surface area is 204 Å². The third-order valence-electron chi connectivity index (χ3n) is 11.6. The molecule has 0 aromatic heterocycles. The van der Waals surface area contributed by atoms with Crippen molar-refractivity contribution in [3.05, 3.63) is 11.6 Å². The highest BCUT2D eigenvalue weighted by Gasteiger charge is 2.59. The molecule has 4 rings (SSSR count). The number of rotatable bonds is 7. The van der Waals surface area contributed by atoms with Gasteiger partial charge in [-0.25, -0.2) is 0 Å². The molecule has 0 aromatic rings. The second-order valence-electron chi connectivity index (χ2n) is 13.4. The van der Waals surface area contributed by atoms with Gasteiger partial charge in [0.05, 0.1) is 0 Å². The number of hydrogen-bond acceptors (Lipinski definition) is 2. The smallest absolute Gasteiger partial charge is 0.302 e. The fourth-order valence-electron chi connectivity index (χ4n) is 9.63. The van der Waals surface area contributed by atoms with Gasteiger partial charge in [-0.05, 0) is 104 Å². The van der Waals surface area contributed by atoms with Gasteiger partial charge in [-0.3, -0.25) is 4.79 Å². The minimum Gasteiger partial charge on any atom is -0.462 e. The fourth-order valence-corrected chi connectivity index (χ4v) is 9.63.